The van der Waals surface area contributed by atoms with Crippen LogP contribution in [-0.2, 0) is 9.59 Å². The van der Waals surface area contributed by atoms with Crippen LogP contribution < -0.4 is 10.9 Å². The Balaban J connectivity index is 1.96. The maximum absolute atomic E-state index is 13.5. The summed E-state index contributed by atoms with van der Waals surface area (Å²) in [5, 5.41) is 14.4. The first-order valence-corrected chi connectivity index (χ1v) is 12.7. The summed E-state index contributed by atoms with van der Waals surface area (Å²) in [5.41, 5.74) is 5.71. The molecule has 3 rings (SSSR count). The number of nitrogens with zero attached hydrogens (tertiary/aromatic N) is 1. The van der Waals surface area contributed by atoms with Gasteiger partial charge in [0, 0.05) is 17.1 Å². The van der Waals surface area contributed by atoms with Crippen LogP contribution in [-0.4, -0.2) is 21.6 Å². The Hall–Kier alpha value is -3.19. The van der Waals surface area contributed by atoms with E-state index in [9.17, 15) is 19.5 Å². The predicted octanol–water partition coefficient (Wildman–Crippen LogP) is 5.73. The van der Waals surface area contributed by atoms with Gasteiger partial charge >= 0.3 is 5.97 Å². The van der Waals surface area contributed by atoms with Crippen molar-refractivity contribution >= 4 is 23.2 Å². The number of nitrogens with one attached hydrogen (secondary N) is 1. The minimum atomic E-state index is -1.00. The number of aliphatic carboxylic acids is 1. The lowest BCUT2D eigenvalue weighted by Crippen LogP contribution is -2.40. The number of pyridine rings is 1. The summed E-state index contributed by atoms with van der Waals surface area (Å²) in [5.74, 6) is -1.19. The molecule has 0 saturated heterocycles. The molecule has 0 aliphatic heterocycles. The van der Waals surface area contributed by atoms with E-state index in [1.807, 2.05) is 45.2 Å². The van der Waals surface area contributed by atoms with Crippen LogP contribution in [0.15, 0.2) is 46.7 Å². The van der Waals surface area contributed by atoms with Crippen molar-refractivity contribution in [2.75, 3.05) is 0 Å². The number of hydrogen-bond acceptors (Lipinski definition) is 4. The summed E-state index contributed by atoms with van der Waals surface area (Å²) in [6.45, 7) is 11.9. The van der Waals surface area contributed by atoms with Gasteiger partial charge in [-0.15, -0.1) is 11.3 Å². The van der Waals surface area contributed by atoms with E-state index in [1.54, 1.807) is 12.3 Å². The fourth-order valence-corrected chi connectivity index (χ4v) is 5.49. The monoisotopic (exact) mass is 494 g/mol. The molecule has 1 aromatic carbocycles. The predicted molar refractivity (Wildman–Crippen MR) is 141 cm³/mol. The highest BCUT2D eigenvalue weighted by molar-refractivity contribution is 7.13. The lowest BCUT2D eigenvalue weighted by molar-refractivity contribution is -0.138. The maximum atomic E-state index is 13.5. The van der Waals surface area contributed by atoms with Crippen LogP contribution >= 0.6 is 11.3 Å². The van der Waals surface area contributed by atoms with Gasteiger partial charge in [-0.3, -0.25) is 14.4 Å². The first kappa shape index (κ1) is 26.4. The van der Waals surface area contributed by atoms with E-state index >= 15 is 0 Å². The number of benzene rings is 1. The number of thiophene rings is 1. The van der Waals surface area contributed by atoms with E-state index in [2.05, 4.69) is 31.3 Å². The Kier molecular flexibility index (Phi) is 8.33. The van der Waals surface area contributed by atoms with Crippen LogP contribution in [0.3, 0.4) is 0 Å². The average molecular weight is 495 g/mol. The van der Waals surface area contributed by atoms with E-state index < -0.39 is 18.1 Å². The molecule has 0 bridgehead atoms. The van der Waals surface area contributed by atoms with Crippen molar-refractivity contribution in [3.8, 4) is 10.4 Å². The number of carboxylic acids is 1. The second-order valence-corrected chi connectivity index (χ2v) is 10.6. The third-order valence-corrected chi connectivity index (χ3v) is 7.29. The highest BCUT2D eigenvalue weighted by Gasteiger charge is 2.27. The quantitative estimate of drug-likeness (QED) is 0.398. The van der Waals surface area contributed by atoms with Crippen molar-refractivity contribution in [2.24, 2.45) is 5.92 Å². The largest absolute Gasteiger partial charge is 0.481 e. The Morgan fingerprint density at radius 2 is 1.69 bits per heavy atom. The molecule has 0 saturated carbocycles. The van der Waals surface area contributed by atoms with Crippen LogP contribution in [0.4, 0.5) is 0 Å². The zero-order valence-electron chi connectivity index (χ0n) is 21.2. The zero-order valence-corrected chi connectivity index (χ0v) is 22.0. The molecule has 7 heteroatoms. The van der Waals surface area contributed by atoms with Crippen LogP contribution in [0, 0.1) is 33.6 Å². The number of aromatic nitrogens is 1. The Morgan fingerprint density at radius 3 is 2.29 bits per heavy atom. The van der Waals surface area contributed by atoms with Gasteiger partial charge < -0.3 is 15.0 Å². The van der Waals surface area contributed by atoms with Crippen molar-refractivity contribution in [2.45, 2.75) is 66.5 Å². The van der Waals surface area contributed by atoms with Gasteiger partial charge in [0.25, 0.3) is 5.56 Å². The number of rotatable bonds is 9. The summed E-state index contributed by atoms with van der Waals surface area (Å²) >= 11 is 1.54. The molecule has 1 amide bonds. The Morgan fingerprint density at radius 1 is 1.03 bits per heavy atom. The number of hydrogen-bond donors (Lipinski definition) is 2. The van der Waals surface area contributed by atoms with Crippen LogP contribution in [0.5, 0.6) is 0 Å². The topological polar surface area (TPSA) is 88.4 Å². The van der Waals surface area contributed by atoms with Gasteiger partial charge in [0.2, 0.25) is 5.91 Å². The summed E-state index contributed by atoms with van der Waals surface area (Å²) in [6.07, 6.45) is 1.94. The van der Waals surface area contributed by atoms with Crippen molar-refractivity contribution in [3.63, 3.8) is 0 Å². The van der Waals surface area contributed by atoms with Gasteiger partial charge in [-0.2, -0.15) is 0 Å². The number of aryl methyl sites for hydroxylation is 4. The second kappa shape index (κ2) is 11.0. The Labute approximate surface area is 210 Å². The van der Waals surface area contributed by atoms with Gasteiger partial charge in [0.15, 0.2) is 0 Å². The summed E-state index contributed by atoms with van der Waals surface area (Å²) in [6, 6.07) is 8.20. The zero-order chi connectivity index (χ0) is 25.9. The number of carboxylic acid groups (broad SMARTS) is 1. The molecule has 2 aromatic heterocycles. The fourth-order valence-electron chi connectivity index (χ4n) is 4.35. The first-order valence-electron chi connectivity index (χ1n) is 11.8. The van der Waals surface area contributed by atoms with Gasteiger partial charge in [-0.25, -0.2) is 0 Å². The highest BCUT2D eigenvalue weighted by atomic mass is 32.1. The van der Waals surface area contributed by atoms with Crippen LogP contribution in [0.1, 0.15) is 66.6 Å². The molecule has 0 radical (unpaired) electrons. The van der Waals surface area contributed by atoms with Crippen molar-refractivity contribution in [1.29, 1.82) is 0 Å². The summed E-state index contributed by atoms with van der Waals surface area (Å²) in [7, 11) is 0. The fraction of sp³-hybridized carbons (Fsp3) is 0.393. The van der Waals surface area contributed by atoms with Gasteiger partial charge in [-0.05, 0) is 84.9 Å². The van der Waals surface area contributed by atoms with Crippen molar-refractivity contribution in [1.82, 2.24) is 9.88 Å². The normalized spacial score (nSPS) is 13.0. The lowest BCUT2D eigenvalue weighted by atomic mass is 9.98. The molecule has 186 valence electrons. The summed E-state index contributed by atoms with van der Waals surface area (Å²) < 4.78 is 1.48. The van der Waals surface area contributed by atoms with E-state index in [-0.39, 0.29) is 23.8 Å². The maximum Gasteiger partial charge on any atom is 0.305 e. The molecule has 0 aliphatic carbocycles. The number of carbonyl (C=O) groups excluding carboxylic acids is 1. The smallest absolute Gasteiger partial charge is 0.305 e. The third kappa shape index (κ3) is 6.28. The first-order chi connectivity index (χ1) is 16.5. The molecule has 0 fully saturated rings. The Bertz CT molecular complexity index is 1270. The SMILES string of the molecule is Cc1cc(=O)n([C@H](CC(C)C)C(=O)N[C@@H](CC(=O)O)c2csc(-c3c(C)cccc3C)c2)cc1C. The van der Waals surface area contributed by atoms with E-state index in [1.165, 1.54) is 15.9 Å². The van der Waals surface area contributed by atoms with Crippen LogP contribution in [0.2, 0.25) is 0 Å². The highest BCUT2D eigenvalue weighted by Crippen LogP contribution is 2.35. The molecular formula is C28H34N2O4S. The molecule has 6 nitrogen and oxygen atoms in total. The van der Waals surface area contributed by atoms with Crippen molar-refractivity contribution in [3.05, 3.63) is 80.1 Å². The number of amides is 1. The minimum absolute atomic E-state index is 0.161. The molecule has 0 spiro atoms. The third-order valence-electron chi connectivity index (χ3n) is 6.33. The molecule has 35 heavy (non-hydrogen) atoms. The van der Waals surface area contributed by atoms with Gasteiger partial charge in [0.05, 0.1) is 12.5 Å². The van der Waals surface area contributed by atoms with Crippen molar-refractivity contribution < 1.29 is 14.7 Å². The molecule has 2 N–H and O–H groups in total. The van der Waals surface area contributed by atoms with Crippen LogP contribution in [0.25, 0.3) is 10.4 Å². The summed E-state index contributed by atoms with van der Waals surface area (Å²) in [4.78, 5) is 39.0. The molecular weight excluding hydrogens is 460 g/mol. The van der Waals surface area contributed by atoms with Gasteiger partial charge in [0.1, 0.15) is 6.04 Å². The van der Waals surface area contributed by atoms with E-state index in [0.717, 1.165) is 38.3 Å². The van der Waals surface area contributed by atoms with E-state index in [0.29, 0.717) is 6.42 Å². The minimum Gasteiger partial charge on any atom is -0.481 e. The molecule has 0 aliphatic rings. The second-order valence-electron chi connectivity index (χ2n) is 9.70. The number of carbonyl (C=O) groups is 2. The standard InChI is InChI=1S/C28H34N2O4S/c1-16(2)10-23(30-14-20(6)19(5)11-25(30)31)28(34)29-22(13-26(32)33)21-12-24(35-15-21)27-17(3)8-7-9-18(27)4/h7-9,11-12,14-16,22-23H,10,13H2,1-6H3,(H,29,34)(H,32,33)/t22-,23+/m0/s1. The molecule has 3 aromatic rings. The van der Waals surface area contributed by atoms with E-state index in [4.69, 9.17) is 0 Å². The molecule has 2 atom stereocenters. The average Bonchev–Trinajstić information content (AvgIpc) is 3.23. The molecule has 2 heterocycles. The van der Waals surface area contributed by atoms with Gasteiger partial charge in [-0.1, -0.05) is 32.0 Å². The molecule has 0 unspecified atom stereocenters. The lowest BCUT2D eigenvalue weighted by Gasteiger charge is -2.25.